The van der Waals surface area contributed by atoms with Gasteiger partial charge in [-0.2, -0.15) is 0 Å². The standard InChI is InChI=1S/C36H73NO2.Na/c1-4-6-8-10-12-14-16-18-20-22-24-26-28-30-32-37(35(3)34-36(38)39)33-31-29-27-25-23-21-19-17-15-13-11-9-7-5-2;/h35H,4-34H2,1-3H3,(H,38,39);/q;+1/p-1. The van der Waals surface area contributed by atoms with E-state index in [1.54, 1.807) is 0 Å². The van der Waals surface area contributed by atoms with Crippen molar-refractivity contribution in [2.45, 2.75) is 213 Å². The number of carboxylic acids is 1. The SMILES string of the molecule is CCCCCCCCCCCCCCCCN(CCCCCCCCCCCCCCCC)C(C)CC(=O)[O-].[Na+]. The first-order chi connectivity index (χ1) is 19.1. The smallest absolute Gasteiger partial charge is 0.550 e. The van der Waals surface area contributed by atoms with Gasteiger partial charge in [0.1, 0.15) is 0 Å². The Hall–Kier alpha value is 0.430. The Balaban J connectivity index is 0. The molecule has 1 unspecified atom stereocenters. The summed E-state index contributed by atoms with van der Waals surface area (Å²) < 4.78 is 0. The third-order valence-corrected chi connectivity index (χ3v) is 8.68. The summed E-state index contributed by atoms with van der Waals surface area (Å²) in [4.78, 5) is 13.6. The van der Waals surface area contributed by atoms with E-state index in [1.807, 2.05) is 0 Å². The van der Waals surface area contributed by atoms with Gasteiger partial charge >= 0.3 is 29.6 Å². The van der Waals surface area contributed by atoms with Gasteiger partial charge in [-0.3, -0.25) is 0 Å². The van der Waals surface area contributed by atoms with Crippen molar-refractivity contribution in [2.75, 3.05) is 13.1 Å². The van der Waals surface area contributed by atoms with Crippen molar-refractivity contribution in [3.05, 3.63) is 0 Å². The number of unbranched alkanes of at least 4 members (excludes halogenated alkanes) is 26. The van der Waals surface area contributed by atoms with Crippen LogP contribution in [0.15, 0.2) is 0 Å². The van der Waals surface area contributed by atoms with Gasteiger partial charge in [0.15, 0.2) is 0 Å². The molecule has 0 rings (SSSR count). The molecule has 0 radical (unpaired) electrons. The molecule has 0 fully saturated rings. The summed E-state index contributed by atoms with van der Waals surface area (Å²) in [5, 5.41) is 11.2. The fraction of sp³-hybridized carbons (Fsp3) is 0.972. The number of rotatable bonds is 33. The largest absolute Gasteiger partial charge is 1.00 e. The summed E-state index contributed by atoms with van der Waals surface area (Å²) in [6.07, 6.45) is 38.8. The average molecular weight is 574 g/mol. The first-order valence-corrected chi connectivity index (χ1v) is 18.1. The molecule has 0 N–H and O–H groups in total. The van der Waals surface area contributed by atoms with Crippen LogP contribution in [-0.4, -0.2) is 30.0 Å². The Morgan fingerprint density at radius 3 is 0.925 bits per heavy atom. The third kappa shape index (κ3) is 32.9. The van der Waals surface area contributed by atoms with E-state index in [4.69, 9.17) is 0 Å². The van der Waals surface area contributed by atoms with Gasteiger partial charge in [-0.15, -0.1) is 0 Å². The zero-order valence-electron chi connectivity index (χ0n) is 28.3. The zero-order valence-corrected chi connectivity index (χ0v) is 30.3. The van der Waals surface area contributed by atoms with Crippen molar-refractivity contribution in [2.24, 2.45) is 0 Å². The molecule has 1 atom stereocenters. The summed E-state index contributed by atoms with van der Waals surface area (Å²) in [6.45, 7) is 8.74. The number of carbonyl (C=O) groups excluding carboxylic acids is 1. The van der Waals surface area contributed by atoms with Gasteiger partial charge in [-0.25, -0.2) is 0 Å². The fourth-order valence-corrected chi connectivity index (χ4v) is 5.94. The maximum absolute atomic E-state index is 11.2. The molecule has 0 heterocycles. The van der Waals surface area contributed by atoms with Gasteiger partial charge in [0.05, 0.1) is 0 Å². The van der Waals surface area contributed by atoms with Gasteiger partial charge in [0.2, 0.25) is 0 Å². The number of hydrogen-bond acceptors (Lipinski definition) is 3. The Kier molecular flexibility index (Phi) is 37.9. The summed E-state index contributed by atoms with van der Waals surface area (Å²) in [7, 11) is 0. The van der Waals surface area contributed by atoms with E-state index in [0.717, 1.165) is 13.1 Å². The number of carboxylic acid groups (broad SMARTS) is 1. The summed E-state index contributed by atoms with van der Waals surface area (Å²) >= 11 is 0. The van der Waals surface area contributed by atoms with Crippen LogP contribution in [0.25, 0.3) is 0 Å². The summed E-state index contributed by atoms with van der Waals surface area (Å²) in [6, 6.07) is 0.0962. The molecule has 0 aliphatic heterocycles. The van der Waals surface area contributed by atoms with Crippen LogP contribution in [0.2, 0.25) is 0 Å². The molecule has 0 saturated heterocycles. The Bertz CT molecular complexity index is 455. The maximum Gasteiger partial charge on any atom is 1.00 e. The molecule has 0 aromatic rings. The van der Waals surface area contributed by atoms with E-state index in [0.29, 0.717) is 0 Å². The second-order valence-electron chi connectivity index (χ2n) is 12.7. The second kappa shape index (κ2) is 35.6. The molecule has 0 aliphatic carbocycles. The van der Waals surface area contributed by atoms with Gasteiger partial charge in [-0.05, 0) is 32.9 Å². The first-order valence-electron chi connectivity index (χ1n) is 18.1. The molecule has 0 saturated carbocycles. The van der Waals surface area contributed by atoms with Crippen LogP contribution in [0.3, 0.4) is 0 Å². The fourth-order valence-electron chi connectivity index (χ4n) is 5.94. The van der Waals surface area contributed by atoms with Gasteiger partial charge in [0, 0.05) is 18.4 Å². The van der Waals surface area contributed by atoms with E-state index in [-0.39, 0.29) is 42.0 Å². The molecule has 0 aliphatic rings. The summed E-state index contributed by atoms with van der Waals surface area (Å²) in [5.74, 6) is -0.908. The molecule has 0 aromatic heterocycles. The van der Waals surface area contributed by atoms with Crippen molar-refractivity contribution in [1.82, 2.24) is 4.90 Å². The quantitative estimate of drug-likeness (QED) is 0.0595. The average Bonchev–Trinajstić information content (AvgIpc) is 2.91. The Morgan fingerprint density at radius 2 is 0.700 bits per heavy atom. The number of carbonyl (C=O) groups is 1. The van der Waals surface area contributed by atoms with E-state index < -0.39 is 5.97 Å². The topological polar surface area (TPSA) is 43.4 Å². The van der Waals surface area contributed by atoms with Crippen molar-refractivity contribution in [3.63, 3.8) is 0 Å². The second-order valence-corrected chi connectivity index (χ2v) is 12.7. The molecule has 3 nitrogen and oxygen atoms in total. The van der Waals surface area contributed by atoms with Crippen molar-refractivity contribution in [1.29, 1.82) is 0 Å². The minimum absolute atomic E-state index is 0. The molecule has 234 valence electrons. The van der Waals surface area contributed by atoms with Crippen LogP contribution < -0.4 is 34.7 Å². The van der Waals surface area contributed by atoms with Crippen LogP contribution >= 0.6 is 0 Å². The number of aliphatic carboxylic acids is 1. The monoisotopic (exact) mass is 574 g/mol. The van der Waals surface area contributed by atoms with Crippen molar-refractivity contribution < 1.29 is 39.5 Å². The van der Waals surface area contributed by atoms with E-state index in [1.165, 1.54) is 180 Å². The van der Waals surface area contributed by atoms with Crippen LogP contribution in [0.4, 0.5) is 0 Å². The molecular weight excluding hydrogens is 501 g/mol. The third-order valence-electron chi connectivity index (χ3n) is 8.68. The van der Waals surface area contributed by atoms with Gasteiger partial charge in [0.25, 0.3) is 0 Å². The molecule has 4 heteroatoms. The van der Waals surface area contributed by atoms with E-state index in [9.17, 15) is 9.90 Å². The van der Waals surface area contributed by atoms with Gasteiger partial charge in [-0.1, -0.05) is 181 Å². The van der Waals surface area contributed by atoms with E-state index >= 15 is 0 Å². The minimum atomic E-state index is -0.908. The molecule has 40 heavy (non-hydrogen) atoms. The molecule has 0 spiro atoms. The molecule has 0 bridgehead atoms. The van der Waals surface area contributed by atoms with Crippen LogP contribution in [-0.2, 0) is 4.79 Å². The Morgan fingerprint density at radius 1 is 0.475 bits per heavy atom. The predicted molar refractivity (Wildman–Crippen MR) is 171 cm³/mol. The van der Waals surface area contributed by atoms with Crippen LogP contribution in [0.5, 0.6) is 0 Å². The zero-order chi connectivity index (χ0) is 28.7. The van der Waals surface area contributed by atoms with Crippen LogP contribution in [0.1, 0.15) is 207 Å². The molecule has 0 aromatic carbocycles. The van der Waals surface area contributed by atoms with Gasteiger partial charge < -0.3 is 14.8 Å². The van der Waals surface area contributed by atoms with Crippen molar-refractivity contribution in [3.8, 4) is 0 Å². The maximum atomic E-state index is 11.2. The normalized spacial score (nSPS) is 12.1. The predicted octanol–water partition coefficient (Wildman–Crippen LogP) is 7.78. The molecular formula is C36H72NNaO2. The number of nitrogens with zero attached hydrogens (tertiary/aromatic N) is 1. The van der Waals surface area contributed by atoms with Crippen molar-refractivity contribution >= 4 is 5.97 Å². The molecule has 0 amide bonds. The van der Waals surface area contributed by atoms with Crippen LogP contribution in [0, 0.1) is 0 Å². The Labute approximate surface area is 275 Å². The first kappa shape index (κ1) is 42.6. The summed E-state index contributed by atoms with van der Waals surface area (Å²) in [5.41, 5.74) is 0. The number of hydrogen-bond donors (Lipinski definition) is 0. The van der Waals surface area contributed by atoms with E-state index in [2.05, 4.69) is 25.7 Å². The minimum Gasteiger partial charge on any atom is -0.550 e.